The molecule has 0 spiro atoms. The van der Waals surface area contributed by atoms with Crippen molar-refractivity contribution in [2.24, 2.45) is 16.6 Å². The maximum atomic E-state index is 13.5. The van der Waals surface area contributed by atoms with Crippen LogP contribution in [0.5, 0.6) is 0 Å². The molecule has 2 fully saturated rings. The normalized spacial score (nSPS) is 27.9. The van der Waals surface area contributed by atoms with Crippen molar-refractivity contribution in [3.8, 4) is 0 Å². The summed E-state index contributed by atoms with van der Waals surface area (Å²) in [6.07, 6.45) is 1.82. The van der Waals surface area contributed by atoms with Crippen LogP contribution in [-0.4, -0.2) is 63.8 Å². The largest absolute Gasteiger partial charge is 0.481 e. The first-order valence-corrected chi connectivity index (χ1v) is 16.1. The molecule has 2 heterocycles. The van der Waals surface area contributed by atoms with Gasteiger partial charge in [0.2, 0.25) is 0 Å². The van der Waals surface area contributed by atoms with Gasteiger partial charge in [-0.25, -0.2) is 0 Å². The number of hydrogen-bond acceptors (Lipinski definition) is 7. The van der Waals surface area contributed by atoms with Crippen LogP contribution in [0.15, 0.2) is 84.9 Å². The van der Waals surface area contributed by atoms with Crippen LogP contribution in [0.4, 0.5) is 5.69 Å². The van der Waals surface area contributed by atoms with Crippen molar-refractivity contribution in [1.29, 1.82) is 0 Å². The van der Waals surface area contributed by atoms with Crippen LogP contribution in [0.1, 0.15) is 68.6 Å². The van der Waals surface area contributed by atoms with Crippen LogP contribution in [0.25, 0.3) is 0 Å². The smallest absolute Gasteiger partial charge is 0.312 e. The van der Waals surface area contributed by atoms with Crippen LogP contribution in [0.3, 0.4) is 0 Å². The zero-order valence-electron chi connectivity index (χ0n) is 26.5. The number of likely N-dealkylation sites (tertiary alicyclic amines) is 1. The Hall–Kier alpha value is -4.12. The van der Waals surface area contributed by atoms with Crippen LogP contribution >= 0.6 is 0 Å². The Morgan fingerprint density at radius 3 is 2.04 bits per heavy atom. The van der Waals surface area contributed by atoms with Crippen molar-refractivity contribution in [2.45, 2.75) is 69.5 Å². The van der Waals surface area contributed by atoms with E-state index in [2.05, 4.69) is 58.7 Å². The molecule has 3 aromatic rings. The molecule has 2 aliphatic rings. The number of nitrogens with zero attached hydrogens (tertiary/aromatic N) is 2. The number of aliphatic carboxylic acids is 2. The third-order valence-electron chi connectivity index (χ3n) is 10.9. The molecule has 46 heavy (non-hydrogen) atoms. The third-order valence-corrected chi connectivity index (χ3v) is 10.9. The summed E-state index contributed by atoms with van der Waals surface area (Å²) in [5.41, 5.74) is 5.66. The highest BCUT2D eigenvalue weighted by molar-refractivity contribution is 5.84. The molecule has 10 nitrogen and oxygen atoms in total. The number of piperidine rings is 2. The molecule has 0 aliphatic carbocycles. The first kappa shape index (κ1) is 33.2. The molecule has 0 aromatic heterocycles. The molecule has 0 amide bonds. The molecule has 5 atom stereocenters. The fourth-order valence-corrected chi connectivity index (χ4v) is 8.36. The number of non-ortho nitro benzene ring substituents is 1. The van der Waals surface area contributed by atoms with Crippen LogP contribution in [0, 0.1) is 20.9 Å². The molecule has 0 radical (unpaired) electrons. The number of rotatable bonds is 11. The molecule has 0 bridgehead atoms. The highest BCUT2D eigenvalue weighted by atomic mass is 16.6. The molecule has 10 heteroatoms. The van der Waals surface area contributed by atoms with Gasteiger partial charge < -0.3 is 20.8 Å². The Labute approximate surface area is 269 Å². The summed E-state index contributed by atoms with van der Waals surface area (Å²) in [5, 5.41) is 36.5. The van der Waals surface area contributed by atoms with E-state index in [4.69, 9.17) is 5.73 Å². The fourth-order valence-electron chi connectivity index (χ4n) is 8.36. The van der Waals surface area contributed by atoms with E-state index in [0.29, 0.717) is 24.9 Å². The summed E-state index contributed by atoms with van der Waals surface area (Å²) in [6, 6.07) is 26.2. The zero-order chi connectivity index (χ0) is 33.1. The van der Waals surface area contributed by atoms with Gasteiger partial charge in [0.15, 0.2) is 0 Å². The van der Waals surface area contributed by atoms with Crippen LogP contribution in [-0.2, 0) is 15.0 Å². The van der Waals surface area contributed by atoms with Crippen molar-refractivity contribution in [2.75, 3.05) is 19.6 Å². The number of hydrogen-bond donors (Lipinski definition) is 4. The number of carbonyl (C=O) groups is 2. The zero-order valence-corrected chi connectivity index (χ0v) is 26.5. The Bertz CT molecular complexity index is 1500. The SMILES string of the molecule is CCC1NC(N)C(C)(C(=O)O)[C@H](c2cccc([N+](=O)[O-])c2)C1(CCCN1CCC(c2ccccc2)(c2ccccc2)CC1)C(=O)O. The third kappa shape index (κ3) is 5.70. The number of nitro groups is 1. The summed E-state index contributed by atoms with van der Waals surface area (Å²) in [7, 11) is 0. The Morgan fingerprint density at radius 2 is 1.54 bits per heavy atom. The summed E-state index contributed by atoms with van der Waals surface area (Å²) in [4.78, 5) is 40.0. The van der Waals surface area contributed by atoms with Gasteiger partial charge in [0.25, 0.3) is 5.69 Å². The molecule has 0 saturated carbocycles. The van der Waals surface area contributed by atoms with Crippen molar-refractivity contribution in [3.63, 3.8) is 0 Å². The van der Waals surface area contributed by atoms with Crippen LogP contribution < -0.4 is 11.1 Å². The molecular weight excluding hydrogens is 584 g/mol. The minimum Gasteiger partial charge on any atom is -0.481 e. The second-order valence-electron chi connectivity index (χ2n) is 13.1. The van der Waals surface area contributed by atoms with Crippen molar-refractivity contribution >= 4 is 17.6 Å². The molecule has 3 aromatic carbocycles. The lowest BCUT2D eigenvalue weighted by atomic mass is 9.51. The number of nitrogens with two attached hydrogens (primary N) is 1. The fraction of sp³-hybridized carbons (Fsp3) is 0.444. The number of carboxylic acids is 2. The maximum Gasteiger partial charge on any atom is 0.312 e. The Balaban J connectivity index is 1.44. The average molecular weight is 629 g/mol. The number of carboxylic acid groups (broad SMARTS) is 2. The molecule has 5 rings (SSSR count). The monoisotopic (exact) mass is 628 g/mol. The Kier molecular flexibility index (Phi) is 9.62. The molecule has 2 aliphatic heterocycles. The number of nitro benzene ring substituents is 1. The molecule has 2 saturated heterocycles. The van der Waals surface area contributed by atoms with E-state index in [9.17, 15) is 29.9 Å². The van der Waals surface area contributed by atoms with E-state index >= 15 is 0 Å². The quantitative estimate of drug-likeness (QED) is 0.162. The minimum absolute atomic E-state index is 0.117. The maximum absolute atomic E-state index is 13.5. The second kappa shape index (κ2) is 13.3. The summed E-state index contributed by atoms with van der Waals surface area (Å²) < 4.78 is 0. The van der Waals surface area contributed by atoms with Crippen molar-refractivity contribution in [1.82, 2.24) is 10.2 Å². The molecule has 244 valence electrons. The lowest BCUT2D eigenvalue weighted by Gasteiger charge is -2.56. The van der Waals surface area contributed by atoms with Gasteiger partial charge in [-0.05, 0) is 75.4 Å². The lowest BCUT2D eigenvalue weighted by molar-refractivity contribution is -0.385. The molecular formula is C36H44N4O6. The van der Waals surface area contributed by atoms with E-state index in [1.165, 1.54) is 36.2 Å². The van der Waals surface area contributed by atoms with Gasteiger partial charge in [0.1, 0.15) is 5.41 Å². The average Bonchev–Trinajstić information content (AvgIpc) is 3.07. The topological polar surface area (TPSA) is 159 Å². The van der Waals surface area contributed by atoms with Gasteiger partial charge in [-0.15, -0.1) is 0 Å². The van der Waals surface area contributed by atoms with E-state index in [1.807, 2.05) is 19.1 Å². The first-order chi connectivity index (χ1) is 22.0. The summed E-state index contributed by atoms with van der Waals surface area (Å²) in [6.45, 7) is 5.60. The highest BCUT2D eigenvalue weighted by Crippen LogP contribution is 2.57. The molecule has 4 unspecified atom stereocenters. The number of benzene rings is 3. The van der Waals surface area contributed by atoms with Gasteiger partial charge in [-0.2, -0.15) is 0 Å². The van der Waals surface area contributed by atoms with Crippen molar-refractivity contribution in [3.05, 3.63) is 112 Å². The predicted octanol–water partition coefficient (Wildman–Crippen LogP) is 5.37. The standard InChI is InChI=1S/C36H44N4O6/c1-3-29-36(33(43)44,30(34(2,32(41)42)31(37)38-29)25-12-10-17-28(24-25)40(45)46)18-11-21-39-22-19-35(20-23-39,26-13-6-4-7-14-26)27-15-8-5-9-16-27/h4-10,12-17,24,29-31,38H,3,11,18-23,37H2,1-2H3,(H,41,42)(H,43,44)/t29?,30-,31?,34?,36?/m0/s1. The Morgan fingerprint density at radius 1 is 0.957 bits per heavy atom. The van der Waals surface area contributed by atoms with E-state index in [0.717, 1.165) is 25.9 Å². The second-order valence-corrected chi connectivity index (χ2v) is 13.1. The van der Waals surface area contributed by atoms with Crippen molar-refractivity contribution < 1.29 is 24.7 Å². The van der Waals surface area contributed by atoms with Crippen LogP contribution in [0.2, 0.25) is 0 Å². The van der Waals surface area contributed by atoms with Gasteiger partial charge >= 0.3 is 11.9 Å². The van der Waals surface area contributed by atoms with E-state index < -0.39 is 45.8 Å². The first-order valence-electron chi connectivity index (χ1n) is 16.1. The summed E-state index contributed by atoms with van der Waals surface area (Å²) >= 11 is 0. The molecule has 5 N–H and O–H groups in total. The lowest BCUT2D eigenvalue weighted by Crippen LogP contribution is -2.72. The van der Waals surface area contributed by atoms with Gasteiger partial charge in [-0.1, -0.05) is 79.7 Å². The summed E-state index contributed by atoms with van der Waals surface area (Å²) in [5.74, 6) is -3.51. The van der Waals surface area contributed by atoms with Gasteiger partial charge in [0.05, 0.1) is 16.5 Å². The number of nitrogens with one attached hydrogen (secondary N) is 1. The predicted molar refractivity (Wildman–Crippen MR) is 175 cm³/mol. The van der Waals surface area contributed by atoms with Gasteiger partial charge in [-0.3, -0.25) is 25.0 Å². The highest BCUT2D eigenvalue weighted by Gasteiger charge is 2.66. The van der Waals surface area contributed by atoms with Gasteiger partial charge in [0, 0.05) is 29.5 Å². The van der Waals surface area contributed by atoms with E-state index in [-0.39, 0.29) is 17.5 Å². The van der Waals surface area contributed by atoms with E-state index in [1.54, 1.807) is 6.07 Å². The minimum atomic E-state index is -1.75.